The Balaban J connectivity index is 2.15. The first-order valence-electron chi connectivity index (χ1n) is 8.50. The van der Waals surface area contributed by atoms with Crippen molar-refractivity contribution in [3.8, 4) is 22.7 Å². The second-order valence-corrected chi connectivity index (χ2v) is 6.28. The molecule has 0 unspecified atom stereocenters. The Labute approximate surface area is 157 Å². The molecule has 0 fully saturated rings. The van der Waals surface area contributed by atoms with Gasteiger partial charge in [0, 0.05) is 10.7 Å². The summed E-state index contributed by atoms with van der Waals surface area (Å²) in [6.07, 6.45) is 0.504. The SMILES string of the molecule is CCOc1ccccc1-n1c(CCC(=O)O)ccc1-c1ccc(Cl)cc1. The molecule has 3 rings (SSSR count). The van der Waals surface area contributed by atoms with Gasteiger partial charge in [-0.25, -0.2) is 0 Å². The van der Waals surface area contributed by atoms with E-state index in [2.05, 4.69) is 4.57 Å². The molecule has 0 aliphatic rings. The van der Waals surface area contributed by atoms with Crippen molar-refractivity contribution in [3.05, 3.63) is 71.4 Å². The number of rotatable bonds is 7. The summed E-state index contributed by atoms with van der Waals surface area (Å²) < 4.78 is 7.86. The number of aliphatic carboxylic acids is 1. The van der Waals surface area contributed by atoms with Crippen LogP contribution in [0.1, 0.15) is 19.0 Å². The number of nitrogens with zero attached hydrogens (tertiary/aromatic N) is 1. The largest absolute Gasteiger partial charge is 0.492 e. The minimum atomic E-state index is -0.816. The fraction of sp³-hybridized carbons (Fsp3) is 0.190. The zero-order chi connectivity index (χ0) is 18.5. The summed E-state index contributed by atoms with van der Waals surface area (Å²) in [7, 11) is 0. The van der Waals surface area contributed by atoms with Crippen LogP contribution in [-0.2, 0) is 11.2 Å². The van der Waals surface area contributed by atoms with E-state index in [1.54, 1.807) is 0 Å². The molecule has 26 heavy (non-hydrogen) atoms. The van der Waals surface area contributed by atoms with Crippen LogP contribution in [0.5, 0.6) is 5.75 Å². The number of aromatic nitrogens is 1. The number of benzene rings is 2. The molecule has 1 N–H and O–H groups in total. The third-order valence-electron chi connectivity index (χ3n) is 4.10. The first-order chi connectivity index (χ1) is 12.6. The Bertz CT molecular complexity index is 900. The summed E-state index contributed by atoms with van der Waals surface area (Å²) in [5.41, 5.74) is 3.78. The van der Waals surface area contributed by atoms with Gasteiger partial charge in [0.2, 0.25) is 0 Å². The van der Waals surface area contributed by atoms with Crippen molar-refractivity contribution in [1.29, 1.82) is 0 Å². The third kappa shape index (κ3) is 3.92. The first-order valence-corrected chi connectivity index (χ1v) is 8.88. The van der Waals surface area contributed by atoms with Crippen molar-refractivity contribution >= 4 is 17.6 Å². The normalized spacial score (nSPS) is 10.7. The van der Waals surface area contributed by atoms with Crippen molar-refractivity contribution in [1.82, 2.24) is 4.57 Å². The number of hydrogen-bond acceptors (Lipinski definition) is 2. The summed E-state index contributed by atoms with van der Waals surface area (Å²) in [6, 6.07) is 19.4. The van der Waals surface area contributed by atoms with E-state index in [4.69, 9.17) is 21.4 Å². The Morgan fingerprint density at radius 2 is 1.81 bits per heavy atom. The number of carboxylic acid groups (broad SMARTS) is 1. The second-order valence-electron chi connectivity index (χ2n) is 5.85. The maximum Gasteiger partial charge on any atom is 0.303 e. The van der Waals surface area contributed by atoms with E-state index in [0.29, 0.717) is 18.1 Å². The average Bonchev–Trinajstić information content (AvgIpc) is 3.05. The molecule has 2 aromatic carbocycles. The van der Waals surface area contributed by atoms with Crippen molar-refractivity contribution < 1.29 is 14.6 Å². The Hall–Kier alpha value is -2.72. The monoisotopic (exact) mass is 369 g/mol. The zero-order valence-electron chi connectivity index (χ0n) is 14.5. The lowest BCUT2D eigenvalue weighted by atomic mass is 10.1. The van der Waals surface area contributed by atoms with Gasteiger partial charge in [0.25, 0.3) is 0 Å². The van der Waals surface area contributed by atoms with Crippen LogP contribution in [0.2, 0.25) is 5.02 Å². The Kier molecular flexibility index (Phi) is 5.64. The van der Waals surface area contributed by atoms with Crippen LogP contribution in [0, 0.1) is 0 Å². The van der Waals surface area contributed by atoms with Gasteiger partial charge in [0.15, 0.2) is 0 Å². The summed E-state index contributed by atoms with van der Waals surface area (Å²) in [4.78, 5) is 11.1. The fourth-order valence-electron chi connectivity index (χ4n) is 2.96. The minimum Gasteiger partial charge on any atom is -0.492 e. The predicted molar refractivity (Wildman–Crippen MR) is 103 cm³/mol. The maximum absolute atomic E-state index is 11.1. The Morgan fingerprint density at radius 3 is 2.50 bits per heavy atom. The number of aryl methyl sites for hydroxylation is 1. The van der Waals surface area contributed by atoms with Crippen LogP contribution >= 0.6 is 11.6 Å². The van der Waals surface area contributed by atoms with Crippen LogP contribution in [-0.4, -0.2) is 22.2 Å². The molecule has 1 heterocycles. The summed E-state index contributed by atoms with van der Waals surface area (Å²) in [5, 5.41) is 9.75. The fourth-order valence-corrected chi connectivity index (χ4v) is 3.08. The topological polar surface area (TPSA) is 51.5 Å². The molecule has 4 nitrogen and oxygen atoms in total. The van der Waals surface area contributed by atoms with Gasteiger partial charge in [-0.05, 0) is 55.3 Å². The van der Waals surface area contributed by atoms with Crippen molar-refractivity contribution in [2.75, 3.05) is 6.61 Å². The molecule has 3 aromatic rings. The van der Waals surface area contributed by atoms with Crippen LogP contribution in [0.25, 0.3) is 16.9 Å². The Morgan fingerprint density at radius 1 is 1.08 bits per heavy atom. The molecular formula is C21H20ClNO3. The average molecular weight is 370 g/mol. The van der Waals surface area contributed by atoms with E-state index in [1.807, 2.05) is 67.6 Å². The maximum atomic E-state index is 11.1. The standard InChI is InChI=1S/C21H20ClNO3/c1-2-26-20-6-4-3-5-19(20)23-17(12-14-21(24)25)11-13-18(23)15-7-9-16(22)10-8-15/h3-11,13H,2,12,14H2,1H3,(H,24,25). The number of halogens is 1. The molecule has 0 saturated carbocycles. The molecule has 134 valence electrons. The second kappa shape index (κ2) is 8.11. The molecule has 0 radical (unpaired) electrons. The van der Waals surface area contributed by atoms with Gasteiger partial charge in [0.05, 0.1) is 24.4 Å². The molecule has 5 heteroatoms. The summed E-state index contributed by atoms with van der Waals surface area (Å²) in [5.74, 6) is -0.0538. The molecular weight excluding hydrogens is 350 g/mol. The van der Waals surface area contributed by atoms with Gasteiger partial charge in [-0.3, -0.25) is 4.79 Å². The number of para-hydroxylation sites is 2. The quantitative estimate of drug-likeness (QED) is 0.621. The summed E-state index contributed by atoms with van der Waals surface area (Å²) in [6.45, 7) is 2.50. The lowest BCUT2D eigenvalue weighted by molar-refractivity contribution is -0.136. The van der Waals surface area contributed by atoms with Crippen LogP contribution in [0.15, 0.2) is 60.7 Å². The van der Waals surface area contributed by atoms with E-state index < -0.39 is 5.97 Å². The van der Waals surface area contributed by atoms with Gasteiger partial charge in [0.1, 0.15) is 5.75 Å². The van der Waals surface area contributed by atoms with E-state index in [1.165, 1.54) is 0 Å². The number of carbonyl (C=O) groups is 1. The molecule has 0 spiro atoms. The highest BCUT2D eigenvalue weighted by atomic mass is 35.5. The highest BCUT2D eigenvalue weighted by Gasteiger charge is 2.16. The van der Waals surface area contributed by atoms with Gasteiger partial charge >= 0.3 is 5.97 Å². The van der Waals surface area contributed by atoms with Crippen molar-refractivity contribution in [2.24, 2.45) is 0 Å². The van der Waals surface area contributed by atoms with E-state index in [-0.39, 0.29) is 6.42 Å². The van der Waals surface area contributed by atoms with Gasteiger partial charge in [-0.15, -0.1) is 0 Å². The first kappa shape index (κ1) is 18.1. The lowest BCUT2D eigenvalue weighted by Gasteiger charge is -2.17. The van der Waals surface area contributed by atoms with Crippen molar-refractivity contribution in [2.45, 2.75) is 19.8 Å². The van der Waals surface area contributed by atoms with Crippen LogP contribution < -0.4 is 4.74 Å². The van der Waals surface area contributed by atoms with E-state index in [9.17, 15) is 4.79 Å². The zero-order valence-corrected chi connectivity index (χ0v) is 15.2. The molecule has 0 atom stereocenters. The molecule has 0 saturated heterocycles. The highest BCUT2D eigenvalue weighted by molar-refractivity contribution is 6.30. The third-order valence-corrected chi connectivity index (χ3v) is 4.35. The number of ether oxygens (including phenoxy) is 1. The number of carboxylic acids is 1. The van der Waals surface area contributed by atoms with Crippen LogP contribution in [0.3, 0.4) is 0 Å². The van der Waals surface area contributed by atoms with Gasteiger partial charge in [-0.1, -0.05) is 35.9 Å². The summed E-state index contributed by atoms with van der Waals surface area (Å²) >= 11 is 6.02. The van der Waals surface area contributed by atoms with E-state index in [0.717, 1.165) is 28.4 Å². The number of hydrogen-bond donors (Lipinski definition) is 1. The molecule has 1 aromatic heterocycles. The minimum absolute atomic E-state index is 0.0703. The molecule has 0 amide bonds. The molecule has 0 bridgehead atoms. The van der Waals surface area contributed by atoms with Gasteiger partial charge < -0.3 is 14.4 Å². The molecule has 0 aliphatic heterocycles. The molecule has 0 aliphatic carbocycles. The lowest BCUT2D eigenvalue weighted by Crippen LogP contribution is -2.07. The predicted octanol–water partition coefficient (Wildman–Crippen LogP) is 5.21. The van der Waals surface area contributed by atoms with E-state index >= 15 is 0 Å². The van der Waals surface area contributed by atoms with Crippen LogP contribution in [0.4, 0.5) is 0 Å². The van der Waals surface area contributed by atoms with Gasteiger partial charge in [-0.2, -0.15) is 0 Å². The smallest absolute Gasteiger partial charge is 0.303 e. The van der Waals surface area contributed by atoms with Crippen molar-refractivity contribution in [3.63, 3.8) is 0 Å². The highest BCUT2D eigenvalue weighted by Crippen LogP contribution is 2.32.